The smallest absolute Gasteiger partial charge is 0.00588 e. The Morgan fingerprint density at radius 3 is 2.75 bits per heavy atom. The Labute approximate surface area is 99.1 Å². The maximum atomic E-state index is 2.40. The van der Waals surface area contributed by atoms with Crippen LogP contribution in [0.2, 0.25) is 0 Å². The van der Waals surface area contributed by atoms with Crippen LogP contribution in [0.15, 0.2) is 12.1 Å². The van der Waals surface area contributed by atoms with Crippen LogP contribution in [0.25, 0.3) is 0 Å². The van der Waals surface area contributed by atoms with Gasteiger partial charge in [-0.2, -0.15) is 0 Å². The van der Waals surface area contributed by atoms with Gasteiger partial charge in [-0.15, -0.1) is 0 Å². The van der Waals surface area contributed by atoms with Gasteiger partial charge in [-0.1, -0.05) is 31.9 Å². The zero-order valence-corrected chi connectivity index (χ0v) is 10.3. The maximum Gasteiger partial charge on any atom is 0.00588 e. The maximum absolute atomic E-state index is 2.40. The molecular weight excluding hydrogens is 192 g/mol. The molecule has 0 bridgehead atoms. The number of benzene rings is 1. The average Bonchev–Trinajstić information content (AvgIpc) is 2.91. The lowest BCUT2D eigenvalue weighted by Gasteiger charge is -2.14. The highest BCUT2D eigenvalue weighted by atomic mass is 14.3. The Kier molecular flexibility index (Phi) is 2.75. The summed E-state index contributed by atoms with van der Waals surface area (Å²) in [5.41, 5.74) is 6.73. The van der Waals surface area contributed by atoms with Crippen molar-refractivity contribution in [3.8, 4) is 0 Å². The Morgan fingerprint density at radius 2 is 1.88 bits per heavy atom. The standard InChI is InChI=1S/C16H21/c1-2-3-5-13-10-11-14-9-8-12-6-4-7-15(12)16(13)14/h8-9H,2-7,10-11H2,1H3. The molecule has 0 N–H and O–H groups in total. The summed E-state index contributed by atoms with van der Waals surface area (Å²) in [6, 6.07) is 4.79. The molecule has 2 aliphatic carbocycles. The van der Waals surface area contributed by atoms with Crippen molar-refractivity contribution in [2.75, 3.05) is 0 Å². The third kappa shape index (κ3) is 1.59. The summed E-state index contributed by atoms with van der Waals surface area (Å²) in [6.07, 6.45) is 10.7. The molecule has 0 heterocycles. The fourth-order valence-corrected chi connectivity index (χ4v) is 3.41. The monoisotopic (exact) mass is 213 g/mol. The lowest BCUT2D eigenvalue weighted by Crippen LogP contribution is -2.00. The molecule has 1 radical (unpaired) electrons. The molecule has 0 saturated carbocycles. The number of rotatable bonds is 3. The molecule has 0 aliphatic heterocycles. The van der Waals surface area contributed by atoms with E-state index in [1.54, 1.807) is 28.2 Å². The summed E-state index contributed by atoms with van der Waals surface area (Å²) in [4.78, 5) is 0. The minimum Gasteiger partial charge on any atom is -0.0654 e. The Balaban J connectivity index is 1.94. The fraction of sp³-hybridized carbons (Fsp3) is 0.562. The van der Waals surface area contributed by atoms with E-state index in [9.17, 15) is 0 Å². The van der Waals surface area contributed by atoms with Gasteiger partial charge >= 0.3 is 0 Å². The van der Waals surface area contributed by atoms with Gasteiger partial charge in [0, 0.05) is 5.92 Å². The van der Waals surface area contributed by atoms with Gasteiger partial charge in [0.2, 0.25) is 0 Å². The molecular formula is C16H21. The minimum atomic E-state index is 1.31. The van der Waals surface area contributed by atoms with Gasteiger partial charge in [0.15, 0.2) is 0 Å². The minimum absolute atomic E-state index is 1.31. The first-order valence-corrected chi connectivity index (χ1v) is 6.89. The van der Waals surface area contributed by atoms with Crippen LogP contribution in [0.5, 0.6) is 0 Å². The molecule has 0 nitrogen and oxygen atoms in total. The van der Waals surface area contributed by atoms with E-state index in [0.29, 0.717) is 0 Å². The van der Waals surface area contributed by atoms with Crippen molar-refractivity contribution < 1.29 is 0 Å². The van der Waals surface area contributed by atoms with Crippen molar-refractivity contribution in [2.45, 2.75) is 58.3 Å². The molecule has 0 unspecified atom stereocenters. The number of aryl methyl sites for hydroxylation is 2. The lowest BCUT2D eigenvalue weighted by molar-refractivity contribution is 0.712. The topological polar surface area (TPSA) is 0 Å². The summed E-state index contributed by atoms with van der Waals surface area (Å²) < 4.78 is 0. The molecule has 1 aromatic carbocycles. The SMILES string of the molecule is CCCC[C]1CCc2ccc3c(c21)CCC3. The molecule has 16 heavy (non-hydrogen) atoms. The number of fused-ring (bicyclic) bond motifs is 3. The molecule has 0 atom stereocenters. The van der Waals surface area contributed by atoms with Crippen molar-refractivity contribution in [3.05, 3.63) is 40.3 Å². The number of hydrogen-bond donors (Lipinski definition) is 0. The first-order chi connectivity index (χ1) is 7.90. The average molecular weight is 213 g/mol. The van der Waals surface area contributed by atoms with Crippen LogP contribution in [0, 0.1) is 5.92 Å². The lowest BCUT2D eigenvalue weighted by atomic mass is 9.90. The highest BCUT2D eigenvalue weighted by Crippen LogP contribution is 2.41. The predicted molar refractivity (Wildman–Crippen MR) is 68.7 cm³/mol. The number of hydrogen-bond acceptors (Lipinski definition) is 0. The van der Waals surface area contributed by atoms with Gasteiger partial charge in [0.05, 0.1) is 0 Å². The highest BCUT2D eigenvalue weighted by molar-refractivity contribution is 5.53. The molecule has 0 aromatic heterocycles. The van der Waals surface area contributed by atoms with Crippen LogP contribution in [0.1, 0.15) is 61.3 Å². The first-order valence-electron chi connectivity index (χ1n) is 6.89. The molecule has 3 rings (SSSR count). The largest absolute Gasteiger partial charge is 0.0654 e. The van der Waals surface area contributed by atoms with Crippen LogP contribution < -0.4 is 0 Å². The molecule has 0 heteroatoms. The predicted octanol–water partition coefficient (Wildman–Crippen LogP) is 4.23. The summed E-state index contributed by atoms with van der Waals surface area (Å²) >= 11 is 0. The second kappa shape index (κ2) is 4.24. The molecule has 85 valence electrons. The highest BCUT2D eigenvalue weighted by Gasteiger charge is 2.28. The van der Waals surface area contributed by atoms with E-state index < -0.39 is 0 Å². The van der Waals surface area contributed by atoms with E-state index in [2.05, 4.69) is 19.1 Å². The van der Waals surface area contributed by atoms with Crippen molar-refractivity contribution in [1.82, 2.24) is 0 Å². The molecule has 0 fully saturated rings. The van der Waals surface area contributed by atoms with Gasteiger partial charge in [0.1, 0.15) is 0 Å². The number of unbranched alkanes of at least 4 members (excludes halogenated alkanes) is 1. The summed E-state index contributed by atoms with van der Waals surface area (Å²) in [7, 11) is 0. The summed E-state index contributed by atoms with van der Waals surface area (Å²) in [5, 5.41) is 0. The van der Waals surface area contributed by atoms with Gasteiger partial charge in [-0.25, -0.2) is 0 Å². The van der Waals surface area contributed by atoms with Crippen molar-refractivity contribution in [1.29, 1.82) is 0 Å². The van der Waals surface area contributed by atoms with Crippen LogP contribution in [-0.2, 0) is 19.3 Å². The molecule has 0 spiro atoms. The molecule has 1 aromatic rings. The van der Waals surface area contributed by atoms with Crippen LogP contribution in [0.3, 0.4) is 0 Å². The zero-order chi connectivity index (χ0) is 11.0. The van der Waals surface area contributed by atoms with Crippen LogP contribution in [0.4, 0.5) is 0 Å². The van der Waals surface area contributed by atoms with E-state index >= 15 is 0 Å². The van der Waals surface area contributed by atoms with E-state index in [0.717, 1.165) is 0 Å². The van der Waals surface area contributed by atoms with Crippen molar-refractivity contribution >= 4 is 0 Å². The summed E-state index contributed by atoms with van der Waals surface area (Å²) in [5.74, 6) is 1.77. The van der Waals surface area contributed by atoms with E-state index in [-0.39, 0.29) is 0 Å². The fourth-order valence-electron chi connectivity index (χ4n) is 3.41. The Bertz CT molecular complexity index is 389. The van der Waals surface area contributed by atoms with E-state index in [4.69, 9.17) is 0 Å². The zero-order valence-electron chi connectivity index (χ0n) is 10.3. The van der Waals surface area contributed by atoms with Crippen LogP contribution >= 0.6 is 0 Å². The second-order valence-corrected chi connectivity index (χ2v) is 5.30. The quantitative estimate of drug-likeness (QED) is 0.704. The first kappa shape index (κ1) is 10.4. The van der Waals surface area contributed by atoms with Gasteiger partial charge in [0.25, 0.3) is 0 Å². The summed E-state index contributed by atoms with van der Waals surface area (Å²) in [6.45, 7) is 2.30. The van der Waals surface area contributed by atoms with Gasteiger partial charge < -0.3 is 0 Å². The van der Waals surface area contributed by atoms with Gasteiger partial charge in [-0.05, 0) is 60.8 Å². The third-order valence-electron chi connectivity index (χ3n) is 4.25. The van der Waals surface area contributed by atoms with E-state index in [1.807, 2.05) is 0 Å². The van der Waals surface area contributed by atoms with Crippen molar-refractivity contribution in [2.24, 2.45) is 0 Å². The Hall–Kier alpha value is -0.780. The van der Waals surface area contributed by atoms with Gasteiger partial charge in [-0.3, -0.25) is 0 Å². The van der Waals surface area contributed by atoms with E-state index in [1.165, 1.54) is 51.4 Å². The van der Waals surface area contributed by atoms with Crippen molar-refractivity contribution in [3.63, 3.8) is 0 Å². The van der Waals surface area contributed by atoms with Crippen LogP contribution in [-0.4, -0.2) is 0 Å². The third-order valence-corrected chi connectivity index (χ3v) is 4.25. The normalized spacial score (nSPS) is 18.8. The second-order valence-electron chi connectivity index (χ2n) is 5.30. The molecule has 2 aliphatic rings. The molecule has 0 saturated heterocycles. The molecule has 0 amide bonds. The Morgan fingerprint density at radius 1 is 1.00 bits per heavy atom.